The summed E-state index contributed by atoms with van der Waals surface area (Å²) in [6.45, 7) is 7.06. The van der Waals surface area contributed by atoms with Crippen LogP contribution in [0.25, 0.3) is 5.76 Å². The van der Waals surface area contributed by atoms with Crippen molar-refractivity contribution in [2.75, 3.05) is 13.5 Å². The van der Waals surface area contributed by atoms with Crippen LogP contribution in [-0.4, -0.2) is 71.5 Å². The first kappa shape index (κ1) is 30.9. The van der Waals surface area contributed by atoms with E-state index in [1.165, 1.54) is 0 Å². The lowest BCUT2D eigenvalue weighted by molar-refractivity contribution is -0.153. The zero-order valence-corrected chi connectivity index (χ0v) is 27.9. The van der Waals surface area contributed by atoms with Crippen LogP contribution in [0.4, 0.5) is 0 Å². The van der Waals surface area contributed by atoms with Gasteiger partial charge in [0.05, 0.1) is 11.7 Å². The molecule has 3 aliphatic carbocycles. The van der Waals surface area contributed by atoms with Gasteiger partial charge in [0.15, 0.2) is 23.9 Å². The number of carbonyl (C=O) groups excluding carboxylic acids is 2. The predicted octanol–water partition coefficient (Wildman–Crippen LogP) is 5.14. The number of allylic oxidation sites excluding steroid dienone is 1. The standard InChI is InChI=1S/C36H37O11P/c1-19(2)34-28(46-34)29-36(47-29)33(3)16-15-22-25(23(33)17-24-35(36,45-24)32(34)41-18-42-48(4,39)40)27(44-31(22)38)26(20-11-7-5-8-12-20)43-30(37)21-13-9-6-10-14-21/h5-14,19,23-24,28-29,32H,15-18H2,1-4H3,(H,39,40)/b27-26+/t23-,24-,28-,29-,32+,33-,34-,35+,36+/m0/s1. The van der Waals surface area contributed by atoms with Gasteiger partial charge in [0, 0.05) is 28.8 Å². The molecule has 2 spiro atoms. The lowest BCUT2D eigenvalue weighted by Crippen LogP contribution is -2.69. The van der Waals surface area contributed by atoms with E-state index >= 15 is 0 Å². The molecule has 3 saturated heterocycles. The molecule has 48 heavy (non-hydrogen) atoms. The van der Waals surface area contributed by atoms with E-state index in [-0.39, 0.29) is 41.7 Å². The number of hydrogen-bond donors (Lipinski definition) is 1. The van der Waals surface area contributed by atoms with E-state index in [4.69, 9.17) is 32.9 Å². The Balaban J connectivity index is 1.14. The molecule has 10 atom stereocenters. The summed E-state index contributed by atoms with van der Waals surface area (Å²) in [4.78, 5) is 36.9. The van der Waals surface area contributed by atoms with Crippen LogP contribution in [0.15, 0.2) is 77.6 Å². The SMILES string of the molecule is CC(C)[C@]12O[C@H]1[C@@H]1O[C@]13[C@]1(O[C@H]1C[C@H]1C4=C(CC[C@@]13C)C(=O)O/C4=C(/OC(=O)c1ccccc1)c1ccccc1)[C@@H]2OCOP(C)(=O)O. The molecule has 4 heterocycles. The number of hydrogen-bond acceptors (Lipinski definition) is 10. The highest BCUT2D eigenvalue weighted by atomic mass is 31.2. The van der Waals surface area contributed by atoms with E-state index < -0.39 is 54.6 Å². The average molecular weight is 677 g/mol. The quantitative estimate of drug-likeness (QED) is 0.130. The first-order valence-corrected chi connectivity index (χ1v) is 18.5. The van der Waals surface area contributed by atoms with Gasteiger partial charge in [-0.3, -0.25) is 9.09 Å². The summed E-state index contributed by atoms with van der Waals surface area (Å²) in [5.41, 5.74) is -0.641. The highest BCUT2D eigenvalue weighted by Gasteiger charge is 3.00. The fraction of sp³-hybridized carbons (Fsp3) is 0.500. The second-order valence-electron chi connectivity index (χ2n) is 14.6. The van der Waals surface area contributed by atoms with Gasteiger partial charge in [-0.05, 0) is 43.2 Å². The van der Waals surface area contributed by atoms with Crippen molar-refractivity contribution in [3.8, 4) is 0 Å². The van der Waals surface area contributed by atoms with E-state index in [0.717, 1.165) is 12.2 Å². The number of benzene rings is 2. The van der Waals surface area contributed by atoms with E-state index in [1.807, 2.05) is 36.4 Å². The molecule has 1 unspecified atom stereocenters. The van der Waals surface area contributed by atoms with Crippen molar-refractivity contribution >= 4 is 25.3 Å². The van der Waals surface area contributed by atoms with Crippen molar-refractivity contribution in [2.45, 2.75) is 81.3 Å². The highest BCUT2D eigenvalue weighted by Crippen LogP contribution is 2.83. The summed E-state index contributed by atoms with van der Waals surface area (Å²) in [6, 6.07) is 17.9. The van der Waals surface area contributed by atoms with Crippen molar-refractivity contribution in [1.82, 2.24) is 0 Å². The molecule has 0 aromatic heterocycles. The third-order valence-corrected chi connectivity index (χ3v) is 12.6. The zero-order chi connectivity index (χ0) is 33.4. The lowest BCUT2D eigenvalue weighted by Gasteiger charge is -2.54. The van der Waals surface area contributed by atoms with Crippen LogP contribution in [0.3, 0.4) is 0 Å². The van der Waals surface area contributed by atoms with E-state index in [2.05, 4.69) is 20.8 Å². The van der Waals surface area contributed by atoms with E-state index in [0.29, 0.717) is 36.0 Å². The molecule has 2 aromatic carbocycles. The Bertz CT molecular complexity index is 1850. The van der Waals surface area contributed by atoms with Crippen LogP contribution in [0.5, 0.6) is 0 Å². The number of epoxide rings is 3. The maximum atomic E-state index is 13.6. The highest BCUT2D eigenvalue weighted by molar-refractivity contribution is 7.51. The van der Waals surface area contributed by atoms with Gasteiger partial charge in [-0.15, -0.1) is 0 Å². The second-order valence-corrected chi connectivity index (χ2v) is 16.4. The van der Waals surface area contributed by atoms with Gasteiger partial charge in [0.2, 0.25) is 0 Å². The molecule has 5 fully saturated rings. The molecular formula is C36H37O11P. The van der Waals surface area contributed by atoms with Crippen LogP contribution in [-0.2, 0) is 42.3 Å². The van der Waals surface area contributed by atoms with Crippen molar-refractivity contribution in [3.05, 3.63) is 88.7 Å². The molecule has 0 amide bonds. The summed E-state index contributed by atoms with van der Waals surface area (Å²) >= 11 is 0. The Hall–Kier alpha value is -3.15. The second kappa shape index (κ2) is 9.97. The van der Waals surface area contributed by atoms with Crippen molar-refractivity contribution in [1.29, 1.82) is 0 Å². The van der Waals surface area contributed by atoms with Crippen molar-refractivity contribution in [3.63, 3.8) is 0 Å². The molecule has 12 heteroatoms. The molecule has 4 aliphatic heterocycles. The van der Waals surface area contributed by atoms with Gasteiger partial charge in [0.1, 0.15) is 29.5 Å². The number of esters is 2. The monoisotopic (exact) mass is 676 g/mol. The molecule has 11 nitrogen and oxygen atoms in total. The Kier molecular flexibility index (Phi) is 6.42. The molecule has 252 valence electrons. The Labute approximate surface area is 277 Å². The molecule has 7 aliphatic rings. The lowest BCUT2D eigenvalue weighted by atomic mass is 9.46. The zero-order valence-electron chi connectivity index (χ0n) is 27.0. The summed E-state index contributed by atoms with van der Waals surface area (Å²) in [5, 5.41) is 0. The van der Waals surface area contributed by atoms with Crippen LogP contribution >= 0.6 is 7.60 Å². The smallest absolute Gasteiger partial charge is 0.343 e. The molecular weight excluding hydrogens is 639 g/mol. The molecule has 2 saturated carbocycles. The Morgan fingerprint density at radius 2 is 1.71 bits per heavy atom. The van der Waals surface area contributed by atoms with Crippen molar-refractivity contribution in [2.24, 2.45) is 17.3 Å². The molecule has 9 rings (SSSR count). The fourth-order valence-electron chi connectivity index (χ4n) is 9.78. The normalized spacial score (nSPS) is 41.8. The van der Waals surface area contributed by atoms with Gasteiger partial charge >= 0.3 is 19.5 Å². The van der Waals surface area contributed by atoms with Gasteiger partial charge in [-0.1, -0.05) is 69.3 Å². The number of rotatable bonds is 8. The first-order valence-electron chi connectivity index (χ1n) is 16.5. The number of fused-ring (bicyclic) bond motifs is 4. The summed E-state index contributed by atoms with van der Waals surface area (Å²) in [6.07, 6.45) is 0.167. The number of carbonyl (C=O) groups is 2. The number of ether oxygens (including phenoxy) is 6. The van der Waals surface area contributed by atoms with Gasteiger partial charge < -0.3 is 33.3 Å². The third-order valence-electron chi connectivity index (χ3n) is 12.0. The summed E-state index contributed by atoms with van der Waals surface area (Å²) < 4.78 is 55.8. The Morgan fingerprint density at radius 3 is 2.38 bits per heavy atom. The fourth-order valence-corrected chi connectivity index (χ4v) is 10.0. The molecule has 1 N–H and O–H groups in total. The summed E-state index contributed by atoms with van der Waals surface area (Å²) in [5.74, 6) is -0.756. The van der Waals surface area contributed by atoms with Crippen LogP contribution in [0.1, 0.15) is 56.0 Å². The van der Waals surface area contributed by atoms with E-state index in [9.17, 15) is 19.0 Å². The first-order chi connectivity index (χ1) is 22.9. The minimum Gasteiger partial charge on any atom is -0.419 e. The van der Waals surface area contributed by atoms with E-state index in [1.54, 1.807) is 24.3 Å². The maximum absolute atomic E-state index is 13.6. The largest absolute Gasteiger partial charge is 0.419 e. The molecule has 0 radical (unpaired) electrons. The average Bonchev–Trinajstić information content (AvgIpc) is 3.98. The number of cyclic esters (lactones) is 1. The van der Waals surface area contributed by atoms with Crippen molar-refractivity contribution < 1.29 is 52.0 Å². The van der Waals surface area contributed by atoms with Gasteiger partial charge in [-0.25, -0.2) is 9.59 Å². The maximum Gasteiger partial charge on any atom is 0.343 e. The third kappa shape index (κ3) is 3.89. The minimum absolute atomic E-state index is 0.0470. The molecule has 0 bridgehead atoms. The summed E-state index contributed by atoms with van der Waals surface area (Å²) in [7, 11) is -3.79. The Morgan fingerprint density at radius 1 is 1.02 bits per heavy atom. The predicted molar refractivity (Wildman–Crippen MR) is 168 cm³/mol. The minimum atomic E-state index is -3.79. The van der Waals surface area contributed by atoms with Crippen LogP contribution in [0.2, 0.25) is 0 Å². The van der Waals surface area contributed by atoms with Gasteiger partial charge in [0.25, 0.3) is 0 Å². The van der Waals surface area contributed by atoms with Crippen LogP contribution in [0, 0.1) is 17.3 Å². The topological polar surface area (TPSA) is 146 Å². The molecule has 2 aromatic rings. The van der Waals surface area contributed by atoms with Gasteiger partial charge in [-0.2, -0.15) is 0 Å². The van der Waals surface area contributed by atoms with Crippen LogP contribution < -0.4 is 0 Å².